The Labute approximate surface area is 149 Å². The normalized spacial score (nSPS) is 10.2. The number of hydrogen-bond acceptors (Lipinski definition) is 5. The Morgan fingerprint density at radius 1 is 1.24 bits per heavy atom. The molecule has 25 heavy (non-hydrogen) atoms. The Bertz CT molecular complexity index is 723. The third-order valence-electron chi connectivity index (χ3n) is 3.91. The first-order chi connectivity index (χ1) is 12.1. The van der Waals surface area contributed by atoms with Gasteiger partial charge in [-0.1, -0.05) is 6.08 Å². The molecule has 0 spiro atoms. The van der Waals surface area contributed by atoms with Crippen molar-refractivity contribution in [3.05, 3.63) is 54.4 Å². The molecule has 0 aliphatic heterocycles. The predicted molar refractivity (Wildman–Crippen MR) is 103 cm³/mol. The van der Waals surface area contributed by atoms with E-state index in [1.54, 1.807) is 6.08 Å². The second-order valence-corrected chi connectivity index (χ2v) is 5.59. The smallest absolute Gasteiger partial charge is 0.258 e. The molecular weight excluding hydrogens is 314 g/mol. The molecule has 0 aliphatic carbocycles. The molecule has 0 saturated heterocycles. The Kier molecular flexibility index (Phi) is 6.51. The van der Waals surface area contributed by atoms with Gasteiger partial charge in [0.05, 0.1) is 5.56 Å². The number of aromatic nitrogens is 2. The minimum atomic E-state index is -0.228. The van der Waals surface area contributed by atoms with Crippen molar-refractivity contribution in [3.63, 3.8) is 0 Å². The minimum Gasteiger partial charge on any atom is -0.372 e. The standard InChI is InChI=1S/C19H25N5O/c1-5-10-20-19-21-12-15(13-22-19)18(25)23-17-9-8-16(11-14(17)4)24(6-2)7-3/h5,8-9,11-13H,1,6-7,10H2,2-4H3,(H,23,25)(H,20,21,22). The van der Waals surface area contributed by atoms with Gasteiger partial charge in [0.25, 0.3) is 5.91 Å². The first-order valence-corrected chi connectivity index (χ1v) is 8.42. The Hall–Kier alpha value is -2.89. The van der Waals surface area contributed by atoms with E-state index >= 15 is 0 Å². The van der Waals surface area contributed by atoms with Gasteiger partial charge in [-0.3, -0.25) is 4.79 Å². The van der Waals surface area contributed by atoms with Crippen LogP contribution in [0.4, 0.5) is 17.3 Å². The van der Waals surface area contributed by atoms with Crippen LogP contribution in [0, 0.1) is 6.92 Å². The zero-order chi connectivity index (χ0) is 18.2. The van der Waals surface area contributed by atoms with Gasteiger partial charge in [0.15, 0.2) is 0 Å². The van der Waals surface area contributed by atoms with Gasteiger partial charge in [0.1, 0.15) is 0 Å². The molecule has 1 aromatic heterocycles. The zero-order valence-electron chi connectivity index (χ0n) is 15.0. The topological polar surface area (TPSA) is 70.2 Å². The molecule has 0 bridgehead atoms. The van der Waals surface area contributed by atoms with Crippen molar-refractivity contribution < 1.29 is 4.79 Å². The summed E-state index contributed by atoms with van der Waals surface area (Å²) in [5.74, 6) is 0.241. The molecule has 0 radical (unpaired) electrons. The third kappa shape index (κ3) is 4.79. The summed E-state index contributed by atoms with van der Waals surface area (Å²) in [6, 6.07) is 6.04. The number of amides is 1. The summed E-state index contributed by atoms with van der Waals surface area (Å²) in [6.45, 7) is 12.3. The van der Waals surface area contributed by atoms with E-state index in [4.69, 9.17) is 0 Å². The van der Waals surface area contributed by atoms with E-state index in [9.17, 15) is 4.79 Å². The summed E-state index contributed by atoms with van der Waals surface area (Å²) in [4.78, 5) is 22.9. The predicted octanol–water partition coefficient (Wildman–Crippen LogP) is 3.48. The highest BCUT2D eigenvalue weighted by molar-refractivity contribution is 6.04. The van der Waals surface area contributed by atoms with Crippen molar-refractivity contribution >= 4 is 23.2 Å². The highest BCUT2D eigenvalue weighted by Gasteiger charge is 2.10. The average molecular weight is 339 g/mol. The maximum Gasteiger partial charge on any atom is 0.258 e. The van der Waals surface area contributed by atoms with Gasteiger partial charge in [-0.05, 0) is 44.5 Å². The number of hydrogen-bond donors (Lipinski definition) is 2. The summed E-state index contributed by atoms with van der Waals surface area (Å²) < 4.78 is 0. The number of carbonyl (C=O) groups excluding carboxylic acids is 1. The lowest BCUT2D eigenvalue weighted by atomic mass is 10.1. The lowest BCUT2D eigenvalue weighted by molar-refractivity contribution is 0.102. The summed E-state index contributed by atoms with van der Waals surface area (Å²) >= 11 is 0. The summed E-state index contributed by atoms with van der Waals surface area (Å²) in [5.41, 5.74) is 3.37. The van der Waals surface area contributed by atoms with Crippen molar-refractivity contribution in [2.75, 3.05) is 35.2 Å². The van der Waals surface area contributed by atoms with Crippen molar-refractivity contribution in [1.82, 2.24) is 9.97 Å². The van der Waals surface area contributed by atoms with Crippen LogP contribution in [-0.2, 0) is 0 Å². The maximum absolute atomic E-state index is 12.4. The number of aryl methyl sites for hydroxylation is 1. The number of benzene rings is 1. The zero-order valence-corrected chi connectivity index (χ0v) is 15.0. The van der Waals surface area contributed by atoms with Crippen LogP contribution in [0.15, 0.2) is 43.2 Å². The molecule has 0 fully saturated rings. The lowest BCUT2D eigenvalue weighted by Crippen LogP contribution is -2.22. The van der Waals surface area contributed by atoms with Gasteiger partial charge in [0.2, 0.25) is 5.95 Å². The molecule has 1 amide bonds. The van der Waals surface area contributed by atoms with Crippen molar-refractivity contribution in [1.29, 1.82) is 0 Å². The number of anilines is 3. The average Bonchev–Trinajstić information content (AvgIpc) is 2.63. The molecule has 6 nitrogen and oxygen atoms in total. The molecule has 6 heteroatoms. The fraction of sp³-hybridized carbons (Fsp3) is 0.316. The van der Waals surface area contributed by atoms with E-state index in [2.05, 4.69) is 52.0 Å². The van der Waals surface area contributed by atoms with E-state index < -0.39 is 0 Å². The number of nitrogens with zero attached hydrogens (tertiary/aromatic N) is 3. The Morgan fingerprint density at radius 3 is 2.48 bits per heavy atom. The number of nitrogens with one attached hydrogen (secondary N) is 2. The van der Waals surface area contributed by atoms with Gasteiger partial charge in [0, 0.05) is 43.4 Å². The highest BCUT2D eigenvalue weighted by atomic mass is 16.1. The van der Waals surface area contributed by atoms with Gasteiger partial charge in [-0.15, -0.1) is 6.58 Å². The molecular formula is C19H25N5O. The van der Waals surface area contributed by atoms with Crippen LogP contribution in [0.3, 0.4) is 0 Å². The van der Waals surface area contributed by atoms with E-state index in [1.165, 1.54) is 12.4 Å². The van der Waals surface area contributed by atoms with Crippen molar-refractivity contribution in [3.8, 4) is 0 Å². The van der Waals surface area contributed by atoms with E-state index in [0.717, 1.165) is 30.0 Å². The van der Waals surface area contributed by atoms with Gasteiger partial charge in [-0.25, -0.2) is 9.97 Å². The largest absolute Gasteiger partial charge is 0.372 e. The Balaban J connectivity index is 2.08. The molecule has 0 atom stereocenters. The SMILES string of the molecule is C=CCNc1ncc(C(=O)Nc2ccc(N(CC)CC)cc2C)cn1. The lowest BCUT2D eigenvalue weighted by Gasteiger charge is -2.22. The molecule has 0 saturated carbocycles. The fourth-order valence-corrected chi connectivity index (χ4v) is 2.47. The van der Waals surface area contributed by atoms with E-state index in [-0.39, 0.29) is 5.91 Å². The Morgan fingerprint density at radius 2 is 1.92 bits per heavy atom. The van der Waals surface area contributed by atoms with Crippen molar-refractivity contribution in [2.45, 2.75) is 20.8 Å². The van der Waals surface area contributed by atoms with Crippen LogP contribution in [0.2, 0.25) is 0 Å². The third-order valence-corrected chi connectivity index (χ3v) is 3.91. The van der Waals surface area contributed by atoms with Crippen LogP contribution in [0.25, 0.3) is 0 Å². The molecule has 1 heterocycles. The van der Waals surface area contributed by atoms with Crippen molar-refractivity contribution in [2.24, 2.45) is 0 Å². The summed E-state index contributed by atoms with van der Waals surface area (Å²) in [7, 11) is 0. The van der Waals surface area contributed by atoms with E-state index in [1.807, 2.05) is 19.1 Å². The first kappa shape index (κ1) is 18.4. The number of carbonyl (C=O) groups is 1. The monoisotopic (exact) mass is 339 g/mol. The molecule has 2 N–H and O–H groups in total. The second-order valence-electron chi connectivity index (χ2n) is 5.59. The number of rotatable bonds is 8. The van der Waals surface area contributed by atoms with Crippen LogP contribution >= 0.6 is 0 Å². The molecule has 0 aliphatic rings. The molecule has 132 valence electrons. The van der Waals surface area contributed by atoms with Crippen LogP contribution in [0.5, 0.6) is 0 Å². The van der Waals surface area contributed by atoms with Gasteiger partial charge in [-0.2, -0.15) is 0 Å². The van der Waals surface area contributed by atoms with E-state index in [0.29, 0.717) is 18.1 Å². The van der Waals surface area contributed by atoms with Crippen LogP contribution in [-0.4, -0.2) is 35.5 Å². The minimum absolute atomic E-state index is 0.228. The van der Waals surface area contributed by atoms with Crippen LogP contribution < -0.4 is 15.5 Å². The second kappa shape index (κ2) is 8.82. The first-order valence-electron chi connectivity index (χ1n) is 8.42. The quantitative estimate of drug-likeness (QED) is 0.721. The molecule has 0 unspecified atom stereocenters. The summed E-state index contributed by atoms with van der Waals surface area (Å²) in [6.07, 6.45) is 4.73. The van der Waals surface area contributed by atoms with Gasteiger partial charge < -0.3 is 15.5 Å². The maximum atomic E-state index is 12.4. The summed E-state index contributed by atoms with van der Waals surface area (Å²) in [5, 5.41) is 5.89. The molecule has 2 rings (SSSR count). The molecule has 1 aromatic carbocycles. The highest BCUT2D eigenvalue weighted by Crippen LogP contribution is 2.23. The van der Waals surface area contributed by atoms with Crippen LogP contribution in [0.1, 0.15) is 29.8 Å². The fourth-order valence-electron chi connectivity index (χ4n) is 2.47. The molecule has 2 aromatic rings. The van der Waals surface area contributed by atoms with Gasteiger partial charge >= 0.3 is 0 Å².